The lowest BCUT2D eigenvalue weighted by atomic mass is 10.2. The summed E-state index contributed by atoms with van der Waals surface area (Å²) in [6, 6.07) is 9.52. The molecule has 0 saturated carbocycles. The van der Waals surface area contributed by atoms with Crippen LogP contribution in [0.3, 0.4) is 0 Å². The number of hydrogen-bond donors (Lipinski definition) is 3. The van der Waals surface area contributed by atoms with E-state index in [1.54, 1.807) is 18.9 Å². The van der Waals surface area contributed by atoms with Crippen LogP contribution in [-0.4, -0.2) is 44.7 Å². The van der Waals surface area contributed by atoms with Gasteiger partial charge in [0.25, 0.3) is 5.91 Å². The molecule has 1 unspecified atom stereocenters. The molecule has 0 aliphatic carbocycles. The highest BCUT2D eigenvalue weighted by Crippen LogP contribution is 2.36. The van der Waals surface area contributed by atoms with Gasteiger partial charge in [0.05, 0.1) is 6.33 Å². The maximum Gasteiger partial charge on any atom is 0.271 e. The molecule has 1 amide bonds. The first-order valence-electron chi connectivity index (χ1n) is 7.07. The molecule has 0 spiro atoms. The Morgan fingerprint density at radius 3 is 2.91 bits per heavy atom. The van der Waals surface area contributed by atoms with Gasteiger partial charge in [-0.25, -0.2) is 9.98 Å². The lowest BCUT2D eigenvalue weighted by molar-refractivity contribution is 0.0959. The summed E-state index contributed by atoms with van der Waals surface area (Å²) in [5, 5.41) is 13.8. The minimum absolute atomic E-state index is 0.289. The monoisotopic (exact) mass is 331 g/mol. The summed E-state index contributed by atoms with van der Waals surface area (Å²) in [6.45, 7) is 1.74. The maximum absolute atomic E-state index is 11.8. The molecule has 120 valence electrons. The number of amidine groups is 1. The lowest BCUT2D eigenvalue weighted by Gasteiger charge is -2.30. The molecule has 1 atom stereocenters. The Morgan fingerprint density at radius 1 is 1.48 bits per heavy atom. The van der Waals surface area contributed by atoms with Gasteiger partial charge in [0.2, 0.25) is 0 Å². The van der Waals surface area contributed by atoms with Gasteiger partial charge in [-0.2, -0.15) is 0 Å². The molecule has 1 aromatic carbocycles. The number of aliphatic hydroxyl groups is 1. The summed E-state index contributed by atoms with van der Waals surface area (Å²) in [5.74, 6) is 0.480. The molecule has 0 bridgehead atoms. The van der Waals surface area contributed by atoms with Crippen molar-refractivity contribution in [3.8, 4) is 0 Å². The van der Waals surface area contributed by atoms with Crippen molar-refractivity contribution >= 4 is 34.3 Å². The van der Waals surface area contributed by atoms with Gasteiger partial charge in [-0.05, 0) is 19.1 Å². The van der Waals surface area contributed by atoms with Crippen LogP contribution in [0.2, 0.25) is 0 Å². The Kier molecular flexibility index (Phi) is 4.10. The Bertz CT molecular complexity index is 741. The first-order chi connectivity index (χ1) is 11.0. The van der Waals surface area contributed by atoms with E-state index in [0.29, 0.717) is 22.4 Å². The fourth-order valence-corrected chi connectivity index (χ4v) is 3.45. The van der Waals surface area contributed by atoms with Crippen molar-refractivity contribution in [3.05, 3.63) is 42.4 Å². The van der Waals surface area contributed by atoms with Crippen molar-refractivity contribution < 1.29 is 9.90 Å². The third kappa shape index (κ3) is 2.95. The Morgan fingerprint density at radius 2 is 2.22 bits per heavy atom. The number of amides is 1. The molecular formula is C15H17N5O2S. The molecule has 1 aliphatic rings. The second-order valence-corrected chi connectivity index (χ2v) is 6.19. The van der Waals surface area contributed by atoms with Crippen LogP contribution in [-0.2, 0) is 0 Å². The van der Waals surface area contributed by atoms with Crippen LogP contribution in [0.1, 0.15) is 17.4 Å². The minimum Gasteiger partial charge on any atom is -0.370 e. The molecule has 3 rings (SSSR count). The molecule has 1 saturated heterocycles. The van der Waals surface area contributed by atoms with Crippen LogP contribution in [0.4, 0.5) is 11.5 Å². The van der Waals surface area contributed by atoms with Crippen molar-refractivity contribution in [1.82, 2.24) is 15.3 Å². The molecular weight excluding hydrogens is 314 g/mol. The quantitative estimate of drug-likeness (QED) is 0.796. The van der Waals surface area contributed by atoms with Crippen molar-refractivity contribution in [1.29, 1.82) is 0 Å². The molecule has 2 aromatic rings. The van der Waals surface area contributed by atoms with Gasteiger partial charge in [0.1, 0.15) is 0 Å². The number of anilines is 1. The number of aliphatic imine (C=N–C) groups is 1. The smallest absolute Gasteiger partial charge is 0.271 e. The number of carbonyl (C=O) groups excluding carboxylic acids is 1. The van der Waals surface area contributed by atoms with Gasteiger partial charge in [-0.3, -0.25) is 9.69 Å². The number of benzene rings is 1. The van der Waals surface area contributed by atoms with E-state index in [4.69, 9.17) is 0 Å². The number of carbonyl (C=O) groups is 1. The van der Waals surface area contributed by atoms with Crippen molar-refractivity contribution in [2.45, 2.75) is 12.6 Å². The highest BCUT2D eigenvalue weighted by molar-refractivity contribution is 8.14. The fraction of sp³-hybridized carbons (Fsp3) is 0.267. The van der Waals surface area contributed by atoms with Gasteiger partial charge in [0.15, 0.2) is 22.4 Å². The van der Waals surface area contributed by atoms with Gasteiger partial charge in [-0.1, -0.05) is 30.0 Å². The number of para-hydroxylation sites is 1. The average Bonchev–Trinajstić information content (AvgIpc) is 3.12. The SMILES string of the molecule is CNC(=O)c1[nH]cnc1/N=C1\SCC(C)(O)N1c1ccccc1. The summed E-state index contributed by atoms with van der Waals surface area (Å²) < 4.78 is 0. The second kappa shape index (κ2) is 6.05. The summed E-state index contributed by atoms with van der Waals surface area (Å²) >= 11 is 1.42. The Labute approximate surface area is 137 Å². The van der Waals surface area contributed by atoms with Crippen molar-refractivity contribution in [3.63, 3.8) is 0 Å². The van der Waals surface area contributed by atoms with E-state index in [1.807, 2.05) is 30.3 Å². The first-order valence-corrected chi connectivity index (χ1v) is 8.06. The van der Waals surface area contributed by atoms with Gasteiger partial charge in [-0.15, -0.1) is 0 Å². The summed E-state index contributed by atoms with van der Waals surface area (Å²) in [4.78, 5) is 24.9. The standard InChI is InChI=1S/C15H17N5O2S/c1-15(22)8-23-14(20(15)10-6-4-3-5-7-10)19-12-11(13(21)16-2)17-9-18-12/h3-7,9,22H,8H2,1-2H3,(H,16,21)(H,17,18)/b19-14-. The predicted molar refractivity (Wildman–Crippen MR) is 91.1 cm³/mol. The number of nitrogens with zero attached hydrogens (tertiary/aromatic N) is 3. The zero-order valence-corrected chi connectivity index (χ0v) is 13.6. The fourth-order valence-electron chi connectivity index (χ4n) is 2.34. The van der Waals surface area contributed by atoms with E-state index in [2.05, 4.69) is 20.3 Å². The van der Waals surface area contributed by atoms with Crippen LogP contribution in [0.5, 0.6) is 0 Å². The summed E-state index contributed by atoms with van der Waals surface area (Å²) in [7, 11) is 1.55. The number of rotatable bonds is 3. The number of aromatic nitrogens is 2. The number of hydrogen-bond acceptors (Lipinski definition) is 5. The first kappa shape index (κ1) is 15.6. The molecule has 1 aliphatic heterocycles. The largest absolute Gasteiger partial charge is 0.370 e. The molecule has 8 heteroatoms. The second-order valence-electron chi connectivity index (χ2n) is 5.25. The van der Waals surface area contributed by atoms with Gasteiger partial charge >= 0.3 is 0 Å². The van der Waals surface area contributed by atoms with Crippen LogP contribution < -0.4 is 10.2 Å². The van der Waals surface area contributed by atoms with E-state index in [0.717, 1.165) is 5.69 Å². The van der Waals surface area contributed by atoms with Crippen LogP contribution in [0.25, 0.3) is 0 Å². The van der Waals surface area contributed by atoms with E-state index in [1.165, 1.54) is 18.1 Å². The highest BCUT2D eigenvalue weighted by Gasteiger charge is 2.40. The van der Waals surface area contributed by atoms with Crippen molar-refractivity contribution in [2.75, 3.05) is 17.7 Å². The molecule has 2 heterocycles. The third-order valence-corrected chi connectivity index (χ3v) is 4.66. The minimum atomic E-state index is -1.06. The molecule has 7 nitrogen and oxygen atoms in total. The van der Waals surface area contributed by atoms with E-state index >= 15 is 0 Å². The topological polar surface area (TPSA) is 93.6 Å². The zero-order valence-electron chi connectivity index (χ0n) is 12.8. The van der Waals surface area contributed by atoms with Crippen LogP contribution in [0, 0.1) is 0 Å². The number of thioether (sulfide) groups is 1. The summed E-state index contributed by atoms with van der Waals surface area (Å²) in [5.41, 5.74) is 0.0624. The zero-order chi connectivity index (χ0) is 16.4. The number of nitrogens with one attached hydrogen (secondary N) is 2. The average molecular weight is 331 g/mol. The predicted octanol–water partition coefficient (Wildman–Crippen LogP) is 1.72. The highest BCUT2D eigenvalue weighted by atomic mass is 32.2. The van der Waals surface area contributed by atoms with Gasteiger partial charge < -0.3 is 15.4 Å². The van der Waals surface area contributed by atoms with Crippen LogP contribution in [0.15, 0.2) is 41.7 Å². The number of aromatic amines is 1. The van der Waals surface area contributed by atoms with Gasteiger partial charge in [0, 0.05) is 18.5 Å². The maximum atomic E-state index is 11.8. The summed E-state index contributed by atoms with van der Waals surface area (Å²) in [6.07, 6.45) is 1.43. The molecule has 1 fully saturated rings. The van der Waals surface area contributed by atoms with Crippen molar-refractivity contribution in [2.24, 2.45) is 4.99 Å². The molecule has 0 radical (unpaired) electrons. The Balaban J connectivity index is 2.02. The number of imidazole rings is 1. The molecule has 1 aromatic heterocycles. The Hall–Kier alpha value is -2.32. The third-order valence-electron chi connectivity index (χ3n) is 3.44. The normalized spacial score (nSPS) is 22.6. The van der Waals surface area contributed by atoms with Crippen LogP contribution >= 0.6 is 11.8 Å². The lowest BCUT2D eigenvalue weighted by Crippen LogP contribution is -2.45. The van der Waals surface area contributed by atoms with E-state index < -0.39 is 5.72 Å². The van der Waals surface area contributed by atoms with E-state index in [-0.39, 0.29) is 5.91 Å². The number of H-pyrrole nitrogens is 1. The molecule has 3 N–H and O–H groups in total. The van der Waals surface area contributed by atoms with E-state index in [9.17, 15) is 9.90 Å². The molecule has 23 heavy (non-hydrogen) atoms.